The van der Waals surface area contributed by atoms with Gasteiger partial charge in [-0.1, -0.05) is 50.2 Å². The summed E-state index contributed by atoms with van der Waals surface area (Å²) in [5, 5.41) is 7.59. The van der Waals surface area contributed by atoms with Gasteiger partial charge in [0.2, 0.25) is 8.32 Å². The zero-order valence-corrected chi connectivity index (χ0v) is 29.2. The molecular weight excluding hydrogens is 609 g/mol. The number of methoxy groups -OCH3 is 3. The van der Waals surface area contributed by atoms with Crippen molar-refractivity contribution in [2.24, 2.45) is 0 Å². The average Bonchev–Trinajstić information content (AvgIpc) is 3.57. The van der Waals surface area contributed by atoms with Crippen molar-refractivity contribution in [3.05, 3.63) is 114 Å². The number of hydrogen-bond acceptors (Lipinski definition) is 7. The molecule has 1 aromatic heterocycles. The molecule has 4 aromatic carbocycles. The van der Waals surface area contributed by atoms with E-state index >= 15 is 0 Å². The van der Waals surface area contributed by atoms with Crippen molar-refractivity contribution in [2.75, 3.05) is 21.3 Å². The highest BCUT2D eigenvalue weighted by Crippen LogP contribution is 2.38. The Morgan fingerprint density at radius 2 is 1.34 bits per heavy atom. The molecule has 0 aliphatic heterocycles. The topological polar surface area (TPSA) is 92.1 Å². The van der Waals surface area contributed by atoms with E-state index in [-0.39, 0.29) is 10.9 Å². The van der Waals surface area contributed by atoms with E-state index < -0.39 is 14.4 Å². The maximum absolute atomic E-state index is 13.6. The van der Waals surface area contributed by atoms with Crippen LogP contribution in [0.2, 0.25) is 18.1 Å². The van der Waals surface area contributed by atoms with Crippen molar-refractivity contribution >= 4 is 14.2 Å². The zero-order valence-electron chi connectivity index (χ0n) is 28.2. The van der Waals surface area contributed by atoms with Gasteiger partial charge in [-0.25, -0.2) is 0 Å². The van der Waals surface area contributed by atoms with Crippen LogP contribution in [-0.4, -0.2) is 40.7 Å². The summed E-state index contributed by atoms with van der Waals surface area (Å²) < 4.78 is 28.5. The summed E-state index contributed by atoms with van der Waals surface area (Å²) in [6.07, 6.45) is 0. The van der Waals surface area contributed by atoms with Gasteiger partial charge in [0.25, 0.3) is 5.91 Å². The highest BCUT2D eigenvalue weighted by molar-refractivity contribution is 6.74. The molecule has 0 saturated heterocycles. The fourth-order valence-electron chi connectivity index (χ4n) is 4.88. The van der Waals surface area contributed by atoms with E-state index in [0.29, 0.717) is 22.8 Å². The fourth-order valence-corrected chi connectivity index (χ4v) is 5.91. The van der Waals surface area contributed by atoms with E-state index in [4.69, 9.17) is 23.2 Å². The second-order valence-electron chi connectivity index (χ2n) is 12.8. The predicted molar refractivity (Wildman–Crippen MR) is 187 cm³/mol. The first-order chi connectivity index (χ1) is 22.4. The third-order valence-electron chi connectivity index (χ3n) is 8.75. The van der Waals surface area contributed by atoms with Gasteiger partial charge in [0.05, 0.1) is 27.4 Å². The molecule has 0 saturated carbocycles. The van der Waals surface area contributed by atoms with Crippen LogP contribution in [-0.2, 0) is 0 Å². The van der Waals surface area contributed by atoms with Crippen LogP contribution >= 0.6 is 0 Å². The second-order valence-corrected chi connectivity index (χ2v) is 17.6. The number of amides is 1. The number of carbonyl (C=O) groups is 1. The van der Waals surface area contributed by atoms with Gasteiger partial charge in [0.1, 0.15) is 28.7 Å². The molecule has 1 heterocycles. The first kappa shape index (κ1) is 33.3. The molecule has 1 atom stereocenters. The van der Waals surface area contributed by atoms with Crippen LogP contribution in [0.25, 0.3) is 22.6 Å². The Kier molecular flexibility index (Phi) is 9.76. The number of benzene rings is 4. The monoisotopic (exact) mass is 650 g/mol. The highest BCUT2D eigenvalue weighted by atomic mass is 28.4. The normalized spacial score (nSPS) is 12.3. The molecule has 1 unspecified atom stereocenters. The Bertz CT molecular complexity index is 1810. The van der Waals surface area contributed by atoms with Crippen LogP contribution in [0.3, 0.4) is 0 Å². The number of hydrogen-bond donors (Lipinski definition) is 1. The van der Waals surface area contributed by atoms with Crippen molar-refractivity contribution in [3.63, 3.8) is 0 Å². The van der Waals surface area contributed by atoms with Crippen LogP contribution in [0, 0.1) is 0 Å². The van der Waals surface area contributed by atoms with Crippen LogP contribution in [0.1, 0.15) is 48.3 Å². The van der Waals surface area contributed by atoms with Gasteiger partial charge in [0.15, 0.2) is 5.76 Å². The summed E-state index contributed by atoms with van der Waals surface area (Å²) in [5.74, 6) is 3.20. The molecule has 0 spiro atoms. The number of nitrogens with zero attached hydrogens (tertiary/aromatic N) is 1. The van der Waals surface area contributed by atoms with Crippen molar-refractivity contribution < 1.29 is 28.0 Å². The minimum absolute atomic E-state index is 0.116. The van der Waals surface area contributed by atoms with Crippen molar-refractivity contribution in [1.29, 1.82) is 0 Å². The van der Waals surface area contributed by atoms with Crippen molar-refractivity contribution in [1.82, 2.24) is 10.5 Å². The minimum Gasteiger partial charge on any atom is -0.544 e. The van der Waals surface area contributed by atoms with Crippen LogP contribution < -0.4 is 24.0 Å². The lowest BCUT2D eigenvalue weighted by molar-refractivity contribution is 0.0942. The van der Waals surface area contributed by atoms with E-state index in [9.17, 15) is 4.79 Å². The smallest absolute Gasteiger partial charge is 0.252 e. The van der Waals surface area contributed by atoms with E-state index in [0.717, 1.165) is 39.4 Å². The molecule has 0 radical (unpaired) electrons. The van der Waals surface area contributed by atoms with Gasteiger partial charge in [-0.3, -0.25) is 4.79 Å². The van der Waals surface area contributed by atoms with Crippen LogP contribution in [0.4, 0.5) is 0 Å². The molecule has 9 heteroatoms. The first-order valence-electron chi connectivity index (χ1n) is 15.5. The third-order valence-corrected chi connectivity index (χ3v) is 13.1. The summed E-state index contributed by atoms with van der Waals surface area (Å²) in [7, 11) is 2.89. The Balaban J connectivity index is 1.33. The van der Waals surface area contributed by atoms with Gasteiger partial charge >= 0.3 is 0 Å². The summed E-state index contributed by atoms with van der Waals surface area (Å²) in [4.78, 5) is 13.6. The Labute approximate surface area is 277 Å². The quantitative estimate of drug-likeness (QED) is 0.143. The summed E-state index contributed by atoms with van der Waals surface area (Å²) >= 11 is 0. The molecule has 0 aliphatic carbocycles. The maximum atomic E-state index is 13.6. The minimum atomic E-state index is -1.93. The largest absolute Gasteiger partial charge is 0.544 e. The lowest BCUT2D eigenvalue weighted by Crippen LogP contribution is -2.43. The second kappa shape index (κ2) is 13.8. The fraction of sp³-hybridized carbons (Fsp3) is 0.263. The SMILES string of the molecule is COc1ccc(C(NC(=O)c2ccc(-c3cc(-c4ccc(O[Si](C)(C)C(C)(C)C)cc4)no3)cc2)c2ccc(OC)cc2OC)cc1. The molecular formula is C38H42N2O6Si. The van der Waals surface area contributed by atoms with Gasteiger partial charge in [-0.2, -0.15) is 0 Å². The van der Waals surface area contributed by atoms with E-state index in [1.165, 1.54) is 0 Å². The Hall–Kier alpha value is -5.02. The molecule has 0 aliphatic rings. The number of ether oxygens (including phenoxy) is 3. The van der Waals surface area contributed by atoms with E-state index in [2.05, 4.69) is 44.3 Å². The standard InChI is InChI=1S/C38H42N2O6Si/c1-38(2,3)47(7,8)46-30-19-13-25(14-20-30)33-24-34(45-40-33)26-9-11-28(12-10-26)37(41)39-36(27-15-17-29(42-4)18-16-27)32-22-21-31(43-5)23-35(32)44-6/h9-24,36H,1-8H3,(H,39,41). The number of aromatic nitrogens is 1. The zero-order chi connectivity index (χ0) is 33.8. The average molecular weight is 651 g/mol. The van der Waals surface area contributed by atoms with Crippen molar-refractivity contribution in [3.8, 4) is 45.6 Å². The number of carbonyl (C=O) groups excluding carboxylic acids is 1. The number of rotatable bonds is 11. The highest BCUT2D eigenvalue weighted by Gasteiger charge is 2.39. The van der Waals surface area contributed by atoms with Gasteiger partial charge in [-0.15, -0.1) is 0 Å². The Morgan fingerprint density at radius 3 is 1.94 bits per heavy atom. The first-order valence-corrected chi connectivity index (χ1v) is 18.4. The van der Waals surface area contributed by atoms with Crippen molar-refractivity contribution in [2.45, 2.75) is 44.9 Å². The van der Waals surface area contributed by atoms with Crippen LogP contribution in [0.15, 0.2) is 102 Å². The lowest BCUT2D eigenvalue weighted by atomic mass is 9.96. The summed E-state index contributed by atoms with van der Waals surface area (Å²) in [6, 6.07) is 29.7. The number of nitrogens with one attached hydrogen (secondary N) is 1. The Morgan fingerprint density at radius 1 is 0.745 bits per heavy atom. The molecule has 8 nitrogen and oxygen atoms in total. The maximum Gasteiger partial charge on any atom is 0.252 e. The summed E-state index contributed by atoms with van der Waals surface area (Å²) in [5.41, 5.74) is 4.61. The molecule has 0 fully saturated rings. The molecule has 244 valence electrons. The predicted octanol–water partition coefficient (Wildman–Crippen LogP) is 8.94. The van der Waals surface area contributed by atoms with Gasteiger partial charge in [-0.05, 0) is 84.4 Å². The lowest BCUT2D eigenvalue weighted by Gasteiger charge is -2.36. The molecule has 5 rings (SSSR count). The molecule has 1 N–H and O–H groups in total. The molecule has 5 aromatic rings. The van der Waals surface area contributed by atoms with Crippen LogP contribution in [0.5, 0.6) is 23.0 Å². The molecule has 0 bridgehead atoms. The van der Waals surface area contributed by atoms with Gasteiger partial charge < -0.3 is 28.5 Å². The van der Waals surface area contributed by atoms with E-state index in [1.807, 2.05) is 78.9 Å². The molecule has 47 heavy (non-hydrogen) atoms. The summed E-state index contributed by atoms with van der Waals surface area (Å²) in [6.45, 7) is 11.1. The van der Waals surface area contributed by atoms with E-state index in [1.54, 1.807) is 39.5 Å². The third kappa shape index (κ3) is 7.52. The molecule has 1 amide bonds. The van der Waals surface area contributed by atoms with Gasteiger partial charge in [0, 0.05) is 34.4 Å².